The monoisotopic (exact) mass is 244 g/mol. The third kappa shape index (κ3) is 12.6. The van der Waals surface area contributed by atoms with Crippen molar-refractivity contribution in [3.63, 3.8) is 0 Å². The summed E-state index contributed by atoms with van der Waals surface area (Å²) >= 11 is 0. The van der Waals surface area contributed by atoms with Gasteiger partial charge < -0.3 is 0 Å². The molecule has 0 N–H and O–H groups in total. The Labute approximate surface area is 112 Å². The Morgan fingerprint density at radius 2 is 1.78 bits per heavy atom. The molecule has 1 nitrogen and oxygen atoms in total. The fourth-order valence-electron chi connectivity index (χ4n) is 1.41. The third-order valence-electron chi connectivity index (χ3n) is 2.53. The highest BCUT2D eigenvalue weighted by Crippen LogP contribution is 2.05. The van der Waals surface area contributed by atoms with Crippen molar-refractivity contribution < 1.29 is 4.79 Å². The van der Waals surface area contributed by atoms with Gasteiger partial charge in [0.1, 0.15) is 0 Å². The minimum absolute atomic E-state index is 0.0491. The maximum absolute atomic E-state index is 10.8. The summed E-state index contributed by atoms with van der Waals surface area (Å²) in [6, 6.07) is 0. The molecule has 0 fully saturated rings. The molecule has 0 aromatic heterocycles. The van der Waals surface area contributed by atoms with Gasteiger partial charge in [0.15, 0.2) is 0 Å². The molecule has 0 aliphatic carbocycles. The van der Waals surface area contributed by atoms with Gasteiger partial charge in [-0.1, -0.05) is 57.6 Å². The van der Waals surface area contributed by atoms with Gasteiger partial charge >= 0.3 is 0 Å². The highest BCUT2D eigenvalue weighted by Gasteiger charge is 1.86. The first-order valence-electron chi connectivity index (χ1n) is 6.98. The second-order valence-corrected chi connectivity index (χ2v) is 4.21. The van der Waals surface area contributed by atoms with E-state index in [4.69, 9.17) is 0 Å². The van der Waals surface area contributed by atoms with Crippen LogP contribution in [0.1, 0.15) is 65.2 Å². The zero-order valence-electron chi connectivity index (χ0n) is 11.7. The molecule has 0 aromatic carbocycles. The number of Topliss-reactive ketones (excluding diaryl/α,β-unsaturated/α-hetero) is 1. The average molecular weight is 244 g/mol. The van der Waals surface area contributed by atoms with E-state index in [0.717, 1.165) is 12.8 Å². The van der Waals surface area contributed by atoms with Crippen molar-refractivity contribution >= 4 is 5.78 Å². The molecule has 0 aromatic rings. The number of carbonyl (C=O) groups is 1. The van der Waals surface area contributed by atoms with Crippen LogP contribution in [0.3, 0.4) is 0 Å². The molecule has 18 heavy (non-hydrogen) atoms. The molecule has 0 spiro atoms. The molecule has 0 unspecified atom stereocenters. The highest BCUT2D eigenvalue weighted by atomic mass is 16.1. The normalized spacial score (nSPS) is 9.44. The number of ketones is 1. The van der Waals surface area contributed by atoms with Crippen LogP contribution < -0.4 is 0 Å². The van der Waals surface area contributed by atoms with Crippen LogP contribution in [0.4, 0.5) is 0 Å². The first kappa shape index (κ1) is 16.5. The molecular weight excluding hydrogens is 220 g/mol. The van der Waals surface area contributed by atoms with E-state index in [1.54, 1.807) is 6.92 Å². The molecule has 0 aliphatic heterocycles. The van der Waals surface area contributed by atoms with Crippen molar-refractivity contribution in [2.45, 2.75) is 65.2 Å². The molecule has 0 aliphatic rings. The van der Waals surface area contributed by atoms with E-state index in [9.17, 15) is 4.79 Å². The first-order valence-corrected chi connectivity index (χ1v) is 6.98. The summed E-state index contributed by atoms with van der Waals surface area (Å²) in [5.74, 6) is 10.6. The number of allylic oxidation sites excluding steroid dienone is 2. The molecular formula is C17H24O. The summed E-state index contributed by atoms with van der Waals surface area (Å²) in [7, 11) is 0. The standard InChI is InChI=1S/C17H24O/c1-3-5-6-7-8-9-10-11-12-13-14-15-16-17(18)4-2/h10-11H,3-9,12H2,1-2H3/b11-10-. The molecule has 98 valence electrons. The van der Waals surface area contributed by atoms with Gasteiger partial charge in [-0.25, -0.2) is 0 Å². The Balaban J connectivity index is 3.50. The first-order chi connectivity index (χ1) is 8.81. The van der Waals surface area contributed by atoms with Crippen LogP contribution >= 0.6 is 0 Å². The van der Waals surface area contributed by atoms with E-state index in [2.05, 4.69) is 42.8 Å². The topological polar surface area (TPSA) is 17.1 Å². The number of rotatable bonds is 8. The summed E-state index contributed by atoms with van der Waals surface area (Å²) in [6.07, 6.45) is 13.2. The Kier molecular flexibility index (Phi) is 12.5. The van der Waals surface area contributed by atoms with Crippen molar-refractivity contribution in [3.8, 4) is 23.7 Å². The van der Waals surface area contributed by atoms with E-state index in [1.807, 2.05) is 0 Å². The smallest absolute Gasteiger partial charge is 0.206 e. The van der Waals surface area contributed by atoms with Gasteiger partial charge in [-0.2, -0.15) is 0 Å². The van der Waals surface area contributed by atoms with Gasteiger partial charge in [0.2, 0.25) is 5.78 Å². The zero-order chi connectivity index (χ0) is 13.5. The van der Waals surface area contributed by atoms with Crippen molar-refractivity contribution in [2.75, 3.05) is 0 Å². The van der Waals surface area contributed by atoms with Gasteiger partial charge in [-0.15, -0.1) is 0 Å². The SMILES string of the molecule is CCCCCCC/C=C\CC#CC#CC(=O)CC. The molecule has 0 saturated heterocycles. The summed E-state index contributed by atoms with van der Waals surface area (Å²) in [6.45, 7) is 4.03. The quantitative estimate of drug-likeness (QED) is 0.269. The van der Waals surface area contributed by atoms with Crippen molar-refractivity contribution in [1.29, 1.82) is 0 Å². The summed E-state index contributed by atoms with van der Waals surface area (Å²) in [4.78, 5) is 10.8. The lowest BCUT2D eigenvalue weighted by Crippen LogP contribution is -1.86. The Bertz CT molecular complexity index is 355. The van der Waals surface area contributed by atoms with Gasteiger partial charge in [-0.05, 0) is 30.6 Å². The van der Waals surface area contributed by atoms with Crippen LogP contribution in [0.25, 0.3) is 0 Å². The van der Waals surface area contributed by atoms with E-state index in [1.165, 1.54) is 32.1 Å². The predicted octanol–water partition coefficient (Wildman–Crippen LogP) is 4.28. The molecule has 1 heteroatoms. The zero-order valence-corrected chi connectivity index (χ0v) is 11.7. The van der Waals surface area contributed by atoms with Crippen LogP contribution in [-0.4, -0.2) is 5.78 Å². The van der Waals surface area contributed by atoms with Crippen molar-refractivity contribution in [1.82, 2.24) is 0 Å². The lowest BCUT2D eigenvalue weighted by molar-refractivity contribution is -0.113. The van der Waals surface area contributed by atoms with Crippen LogP contribution in [0, 0.1) is 23.7 Å². The van der Waals surface area contributed by atoms with Crippen LogP contribution in [0.15, 0.2) is 12.2 Å². The van der Waals surface area contributed by atoms with Crippen molar-refractivity contribution in [2.24, 2.45) is 0 Å². The summed E-state index contributed by atoms with van der Waals surface area (Å²) < 4.78 is 0. The van der Waals surface area contributed by atoms with Crippen molar-refractivity contribution in [3.05, 3.63) is 12.2 Å². The van der Waals surface area contributed by atoms with E-state index in [-0.39, 0.29) is 5.78 Å². The fourth-order valence-corrected chi connectivity index (χ4v) is 1.41. The average Bonchev–Trinajstić information content (AvgIpc) is 2.39. The Hall–Kier alpha value is -1.47. The summed E-state index contributed by atoms with van der Waals surface area (Å²) in [5.41, 5.74) is 0. The van der Waals surface area contributed by atoms with Crippen LogP contribution in [-0.2, 0) is 4.79 Å². The second-order valence-electron chi connectivity index (χ2n) is 4.21. The molecule has 0 amide bonds. The largest absolute Gasteiger partial charge is 0.285 e. The molecule has 0 heterocycles. The lowest BCUT2D eigenvalue weighted by Gasteiger charge is -1.95. The Morgan fingerprint density at radius 3 is 2.50 bits per heavy atom. The van der Waals surface area contributed by atoms with Gasteiger partial charge in [0.25, 0.3) is 0 Å². The molecule has 0 bridgehead atoms. The van der Waals surface area contributed by atoms with E-state index in [0.29, 0.717) is 6.42 Å². The Morgan fingerprint density at radius 1 is 1.00 bits per heavy atom. The van der Waals surface area contributed by atoms with Gasteiger partial charge in [0.05, 0.1) is 0 Å². The third-order valence-corrected chi connectivity index (χ3v) is 2.53. The second kappa shape index (κ2) is 13.6. The number of unbranched alkanes of at least 4 members (excludes halogenated alkanes) is 5. The molecule has 0 rings (SSSR count). The fraction of sp³-hybridized carbons (Fsp3) is 0.588. The van der Waals surface area contributed by atoms with Crippen LogP contribution in [0.2, 0.25) is 0 Å². The molecule has 0 radical (unpaired) electrons. The van der Waals surface area contributed by atoms with Gasteiger partial charge in [0, 0.05) is 12.8 Å². The maximum atomic E-state index is 10.8. The number of carbonyl (C=O) groups excluding carboxylic acids is 1. The van der Waals surface area contributed by atoms with E-state index < -0.39 is 0 Å². The highest BCUT2D eigenvalue weighted by molar-refractivity contribution is 5.95. The van der Waals surface area contributed by atoms with Gasteiger partial charge in [-0.3, -0.25) is 4.79 Å². The minimum atomic E-state index is -0.0491. The molecule has 0 saturated carbocycles. The molecule has 0 atom stereocenters. The maximum Gasteiger partial charge on any atom is 0.206 e. The minimum Gasteiger partial charge on any atom is -0.285 e. The van der Waals surface area contributed by atoms with E-state index >= 15 is 0 Å². The lowest BCUT2D eigenvalue weighted by atomic mass is 10.1. The number of hydrogen-bond acceptors (Lipinski definition) is 1. The predicted molar refractivity (Wildman–Crippen MR) is 78.0 cm³/mol. The van der Waals surface area contributed by atoms with Crippen LogP contribution in [0.5, 0.6) is 0 Å². The summed E-state index contributed by atoms with van der Waals surface area (Å²) in [5, 5.41) is 0. The number of hydrogen-bond donors (Lipinski definition) is 0.